The van der Waals surface area contributed by atoms with Gasteiger partial charge in [-0.3, -0.25) is 0 Å². The molecular weight excluding hydrogens is 624 g/mol. The topological polar surface area (TPSA) is 0 Å². The average Bonchev–Trinajstić information content (AvgIpc) is 2.86. The van der Waals surface area contributed by atoms with Crippen LogP contribution in [0.25, 0.3) is 5.57 Å². The Morgan fingerprint density at radius 3 is 1.69 bits per heavy atom. The minimum absolute atomic E-state index is 0.136. The van der Waals surface area contributed by atoms with Crippen LogP contribution >= 0.6 is 7.92 Å². The van der Waals surface area contributed by atoms with Gasteiger partial charge in [-0.2, -0.15) is 0 Å². The van der Waals surface area contributed by atoms with Crippen LogP contribution < -0.4 is 0 Å². The number of hydrogen-bond acceptors (Lipinski definition) is 0. The van der Waals surface area contributed by atoms with Crippen LogP contribution in [-0.2, 0) is 21.1 Å². The molecule has 0 nitrogen and oxygen atoms in total. The molecule has 3 aliphatic carbocycles. The molecular formula is C33H50AuP. The molecule has 1 aromatic rings. The summed E-state index contributed by atoms with van der Waals surface area (Å²) < 4.78 is 0.555. The third-order valence-electron chi connectivity index (χ3n) is 9.24. The first kappa shape index (κ1) is 27.9. The molecule has 35 heavy (non-hydrogen) atoms. The summed E-state index contributed by atoms with van der Waals surface area (Å²) in [5, 5.41) is 0.260. The average molecular weight is 675 g/mol. The van der Waals surface area contributed by atoms with Gasteiger partial charge in [0.2, 0.25) is 0 Å². The van der Waals surface area contributed by atoms with E-state index in [1.54, 1.807) is 11.1 Å². The molecule has 0 heterocycles. The van der Waals surface area contributed by atoms with Gasteiger partial charge in [0.15, 0.2) is 0 Å². The van der Waals surface area contributed by atoms with Crippen molar-refractivity contribution in [1.29, 1.82) is 0 Å². The molecule has 2 fully saturated rings. The SMILES string of the molecule is CC(C)C1=C(c2ccc(C(C)C)cc2)C(C(C)C)(P(C2CCCCC2)C2CCCCC2)[CH]([Au])C=C1. The van der Waals surface area contributed by atoms with Crippen LogP contribution in [0.15, 0.2) is 42.0 Å². The summed E-state index contributed by atoms with van der Waals surface area (Å²) in [5.41, 5.74) is 8.25. The normalized spacial score (nSPS) is 27.1. The fraction of sp³-hybridized carbons (Fsp3) is 0.697. The summed E-state index contributed by atoms with van der Waals surface area (Å²) >= 11 is 3.13. The zero-order chi connectivity index (χ0) is 25.2. The van der Waals surface area contributed by atoms with Crippen LogP contribution in [0.3, 0.4) is 0 Å². The zero-order valence-electron chi connectivity index (χ0n) is 23.2. The Kier molecular flexibility index (Phi) is 9.69. The van der Waals surface area contributed by atoms with Crippen molar-refractivity contribution >= 4 is 13.5 Å². The molecule has 1 aromatic carbocycles. The van der Waals surface area contributed by atoms with E-state index in [9.17, 15) is 0 Å². The summed E-state index contributed by atoms with van der Waals surface area (Å²) in [6, 6.07) is 9.86. The number of benzene rings is 1. The van der Waals surface area contributed by atoms with Gasteiger partial charge < -0.3 is 0 Å². The predicted molar refractivity (Wildman–Crippen MR) is 153 cm³/mol. The predicted octanol–water partition coefficient (Wildman–Crippen LogP) is 10.7. The van der Waals surface area contributed by atoms with Gasteiger partial charge >= 0.3 is 232 Å². The molecule has 0 saturated heterocycles. The summed E-state index contributed by atoms with van der Waals surface area (Å²) in [6.07, 6.45) is 19.8. The van der Waals surface area contributed by atoms with Crippen LogP contribution in [0.2, 0.25) is 4.14 Å². The molecule has 0 N–H and O–H groups in total. The van der Waals surface area contributed by atoms with Gasteiger partial charge in [0, 0.05) is 0 Å². The molecule has 2 saturated carbocycles. The monoisotopic (exact) mass is 674 g/mol. The molecule has 0 aliphatic heterocycles. The van der Waals surface area contributed by atoms with Crippen molar-refractivity contribution in [2.75, 3.05) is 0 Å². The first-order chi connectivity index (χ1) is 16.8. The van der Waals surface area contributed by atoms with Crippen LogP contribution in [-0.4, -0.2) is 16.5 Å². The molecule has 0 amide bonds. The molecule has 0 bridgehead atoms. The van der Waals surface area contributed by atoms with Crippen LogP contribution in [0.5, 0.6) is 0 Å². The maximum absolute atomic E-state index is 3.13. The van der Waals surface area contributed by atoms with Crippen molar-refractivity contribution < 1.29 is 21.1 Å². The fourth-order valence-corrected chi connectivity index (χ4v) is 14.8. The van der Waals surface area contributed by atoms with Crippen molar-refractivity contribution in [3.63, 3.8) is 0 Å². The molecule has 0 spiro atoms. The quantitative estimate of drug-likeness (QED) is 0.200. The minimum atomic E-state index is -0.136. The Labute approximate surface area is 230 Å². The second kappa shape index (κ2) is 12.2. The van der Waals surface area contributed by atoms with Crippen molar-refractivity contribution in [2.24, 2.45) is 11.8 Å². The van der Waals surface area contributed by atoms with Gasteiger partial charge in [0.25, 0.3) is 0 Å². The zero-order valence-corrected chi connectivity index (χ0v) is 26.3. The van der Waals surface area contributed by atoms with Crippen LogP contribution in [0.4, 0.5) is 0 Å². The molecule has 2 atom stereocenters. The third kappa shape index (κ3) is 5.53. The summed E-state index contributed by atoms with van der Waals surface area (Å²) in [6.45, 7) is 14.7. The standard InChI is InChI=1S/C33H50P.Au/c1-24(2)27-19-21-28(22-20-27)32-31(25(3)4)18-13-23-33(32,26(5)6)34(29-14-9-7-10-15-29)30-16-11-8-12-17-30;/h13,18-26,29-30H,7-12,14-17H2,1-6H3;. The molecule has 3 aliphatic rings. The second-order valence-electron chi connectivity index (χ2n) is 12.4. The van der Waals surface area contributed by atoms with E-state index in [0.717, 1.165) is 11.3 Å². The van der Waals surface area contributed by atoms with E-state index in [-0.39, 0.29) is 13.1 Å². The second-order valence-corrected chi connectivity index (χ2v) is 16.8. The Balaban J connectivity index is 1.96. The van der Waals surface area contributed by atoms with E-state index in [1.165, 1.54) is 75.3 Å². The Hall–Kier alpha value is -0.130. The number of allylic oxidation sites excluding steroid dienone is 4. The van der Waals surface area contributed by atoms with E-state index in [1.807, 2.05) is 0 Å². The molecule has 0 aromatic heterocycles. The van der Waals surface area contributed by atoms with E-state index >= 15 is 0 Å². The van der Waals surface area contributed by atoms with E-state index in [0.29, 0.717) is 21.9 Å². The van der Waals surface area contributed by atoms with Gasteiger partial charge in [-0.15, -0.1) is 0 Å². The molecule has 2 unspecified atom stereocenters. The van der Waals surface area contributed by atoms with Gasteiger partial charge in [0.1, 0.15) is 0 Å². The first-order valence-corrected chi connectivity index (χ1v) is 17.4. The van der Waals surface area contributed by atoms with Gasteiger partial charge in [-0.1, -0.05) is 0 Å². The van der Waals surface area contributed by atoms with Crippen molar-refractivity contribution in [3.05, 3.63) is 53.1 Å². The maximum atomic E-state index is 3.13. The van der Waals surface area contributed by atoms with Crippen LogP contribution in [0, 0.1) is 11.8 Å². The molecule has 198 valence electrons. The molecule has 2 heteroatoms. The fourth-order valence-electron chi connectivity index (χ4n) is 7.44. The first-order valence-electron chi connectivity index (χ1n) is 14.7. The van der Waals surface area contributed by atoms with Gasteiger partial charge in [0.05, 0.1) is 0 Å². The van der Waals surface area contributed by atoms with E-state index in [4.69, 9.17) is 0 Å². The summed E-state index contributed by atoms with van der Waals surface area (Å²) in [7, 11) is -0.136. The van der Waals surface area contributed by atoms with Crippen molar-refractivity contribution in [3.8, 4) is 0 Å². The molecule has 0 radical (unpaired) electrons. The van der Waals surface area contributed by atoms with Crippen molar-refractivity contribution in [2.45, 2.75) is 132 Å². The number of rotatable bonds is 7. The Bertz CT molecular complexity index is 862. The molecule has 4 rings (SSSR count). The van der Waals surface area contributed by atoms with Crippen LogP contribution in [0.1, 0.15) is 123 Å². The Morgan fingerprint density at radius 2 is 1.26 bits per heavy atom. The van der Waals surface area contributed by atoms with E-state index in [2.05, 4.69) is 99.0 Å². The number of hydrogen-bond donors (Lipinski definition) is 0. The summed E-state index contributed by atoms with van der Waals surface area (Å²) in [5.74, 6) is 1.78. The van der Waals surface area contributed by atoms with Gasteiger partial charge in [-0.05, 0) is 0 Å². The van der Waals surface area contributed by atoms with Crippen molar-refractivity contribution in [1.82, 2.24) is 0 Å². The Morgan fingerprint density at radius 1 is 0.743 bits per heavy atom. The third-order valence-corrected chi connectivity index (χ3v) is 15.6. The summed E-state index contributed by atoms with van der Waals surface area (Å²) in [4.78, 5) is 0. The van der Waals surface area contributed by atoms with Gasteiger partial charge in [-0.25, -0.2) is 0 Å². The van der Waals surface area contributed by atoms with E-state index < -0.39 is 0 Å².